The maximum absolute atomic E-state index is 12.2. The molecular formula is C14H15BrN2O2. The first-order valence-electron chi connectivity index (χ1n) is 5.96. The number of aromatic nitrogens is 1. The summed E-state index contributed by atoms with van der Waals surface area (Å²) >= 11 is 3.42. The minimum absolute atomic E-state index is 0.106. The Morgan fingerprint density at radius 3 is 2.95 bits per heavy atom. The van der Waals surface area contributed by atoms with Crippen molar-refractivity contribution in [2.45, 2.75) is 6.92 Å². The number of hydrogen-bond donors (Lipinski definition) is 1. The van der Waals surface area contributed by atoms with Crippen LogP contribution in [0.25, 0.3) is 10.9 Å². The van der Waals surface area contributed by atoms with E-state index in [2.05, 4.69) is 26.2 Å². The van der Waals surface area contributed by atoms with E-state index in [4.69, 9.17) is 4.74 Å². The second kappa shape index (κ2) is 6.12. The van der Waals surface area contributed by atoms with Crippen LogP contribution in [0, 0.1) is 6.92 Å². The van der Waals surface area contributed by atoms with Gasteiger partial charge in [0, 0.05) is 29.2 Å². The number of rotatable bonds is 4. The molecule has 19 heavy (non-hydrogen) atoms. The minimum Gasteiger partial charge on any atom is -0.383 e. The Kier molecular flexibility index (Phi) is 4.50. The van der Waals surface area contributed by atoms with Gasteiger partial charge >= 0.3 is 0 Å². The molecule has 0 radical (unpaired) electrons. The van der Waals surface area contributed by atoms with Crippen LogP contribution < -0.4 is 5.32 Å². The summed E-state index contributed by atoms with van der Waals surface area (Å²) in [7, 11) is 1.61. The number of carbonyl (C=O) groups is 1. The molecule has 0 saturated heterocycles. The van der Waals surface area contributed by atoms with Crippen LogP contribution >= 0.6 is 15.9 Å². The minimum atomic E-state index is -0.106. The van der Waals surface area contributed by atoms with Crippen molar-refractivity contribution in [2.75, 3.05) is 20.3 Å². The number of nitrogens with one attached hydrogen (secondary N) is 1. The lowest BCUT2D eigenvalue weighted by molar-refractivity contribution is 0.0938. The smallest absolute Gasteiger partial charge is 0.252 e. The predicted molar refractivity (Wildman–Crippen MR) is 78.4 cm³/mol. The van der Waals surface area contributed by atoms with E-state index >= 15 is 0 Å². The van der Waals surface area contributed by atoms with E-state index in [1.807, 2.05) is 25.1 Å². The number of benzene rings is 1. The van der Waals surface area contributed by atoms with Gasteiger partial charge in [-0.2, -0.15) is 0 Å². The van der Waals surface area contributed by atoms with E-state index in [0.29, 0.717) is 18.7 Å². The number of aryl methyl sites for hydroxylation is 1. The van der Waals surface area contributed by atoms with Gasteiger partial charge in [-0.15, -0.1) is 0 Å². The Morgan fingerprint density at radius 2 is 2.21 bits per heavy atom. The Labute approximate surface area is 120 Å². The number of pyridine rings is 1. The van der Waals surface area contributed by atoms with Crippen LogP contribution in [0.4, 0.5) is 0 Å². The van der Waals surface area contributed by atoms with Crippen LogP contribution in [-0.2, 0) is 4.74 Å². The summed E-state index contributed by atoms with van der Waals surface area (Å²) in [6.07, 6.45) is 0. The van der Waals surface area contributed by atoms with E-state index in [1.165, 1.54) is 0 Å². The Hall–Kier alpha value is -1.46. The SMILES string of the molecule is COCCNC(=O)c1cc(C)nc2ccc(Br)cc12. The van der Waals surface area contributed by atoms with Crippen molar-refractivity contribution < 1.29 is 9.53 Å². The first-order valence-corrected chi connectivity index (χ1v) is 6.75. The second-order valence-corrected chi connectivity index (χ2v) is 5.14. The lowest BCUT2D eigenvalue weighted by Gasteiger charge is -2.09. The zero-order valence-corrected chi connectivity index (χ0v) is 12.5. The summed E-state index contributed by atoms with van der Waals surface area (Å²) in [5.74, 6) is -0.106. The van der Waals surface area contributed by atoms with Crippen molar-refractivity contribution in [1.29, 1.82) is 0 Å². The highest BCUT2D eigenvalue weighted by molar-refractivity contribution is 9.10. The molecule has 0 saturated carbocycles. The van der Waals surface area contributed by atoms with Crippen LogP contribution in [0.2, 0.25) is 0 Å². The molecule has 0 atom stereocenters. The molecule has 0 unspecified atom stereocenters. The summed E-state index contributed by atoms with van der Waals surface area (Å²) in [5, 5.41) is 3.67. The molecule has 1 aromatic heterocycles. The number of amides is 1. The summed E-state index contributed by atoms with van der Waals surface area (Å²) in [4.78, 5) is 16.6. The van der Waals surface area contributed by atoms with Crippen molar-refractivity contribution in [1.82, 2.24) is 10.3 Å². The van der Waals surface area contributed by atoms with Crippen molar-refractivity contribution in [3.05, 3.63) is 40.0 Å². The lowest BCUT2D eigenvalue weighted by atomic mass is 10.1. The molecule has 2 aromatic rings. The molecule has 4 nitrogen and oxygen atoms in total. The highest BCUT2D eigenvalue weighted by atomic mass is 79.9. The van der Waals surface area contributed by atoms with E-state index in [1.54, 1.807) is 13.2 Å². The third-order valence-electron chi connectivity index (χ3n) is 2.74. The monoisotopic (exact) mass is 322 g/mol. The third-order valence-corrected chi connectivity index (χ3v) is 3.23. The van der Waals surface area contributed by atoms with Crippen LogP contribution in [-0.4, -0.2) is 31.2 Å². The van der Waals surface area contributed by atoms with E-state index in [9.17, 15) is 4.79 Å². The normalized spacial score (nSPS) is 10.7. The fourth-order valence-corrected chi connectivity index (χ4v) is 2.24. The van der Waals surface area contributed by atoms with Gasteiger partial charge in [-0.1, -0.05) is 15.9 Å². The predicted octanol–water partition coefficient (Wildman–Crippen LogP) is 2.68. The average molecular weight is 323 g/mol. The molecule has 1 aromatic carbocycles. The number of nitrogens with zero attached hydrogens (tertiary/aromatic N) is 1. The molecule has 0 spiro atoms. The molecule has 0 aliphatic heterocycles. The fraction of sp³-hybridized carbons (Fsp3) is 0.286. The first kappa shape index (κ1) is 14.0. The third kappa shape index (κ3) is 3.30. The van der Waals surface area contributed by atoms with Gasteiger partial charge in [-0.25, -0.2) is 0 Å². The number of hydrogen-bond acceptors (Lipinski definition) is 3. The van der Waals surface area contributed by atoms with Gasteiger partial charge < -0.3 is 10.1 Å². The maximum Gasteiger partial charge on any atom is 0.252 e. The summed E-state index contributed by atoms with van der Waals surface area (Å²) in [6, 6.07) is 7.53. The van der Waals surface area contributed by atoms with Crippen molar-refractivity contribution in [3.8, 4) is 0 Å². The van der Waals surface area contributed by atoms with Gasteiger partial charge in [-0.05, 0) is 31.2 Å². The van der Waals surface area contributed by atoms with Crippen molar-refractivity contribution >= 4 is 32.7 Å². The van der Waals surface area contributed by atoms with Crippen LogP contribution in [0.1, 0.15) is 16.1 Å². The average Bonchev–Trinajstić information content (AvgIpc) is 2.38. The molecule has 5 heteroatoms. The zero-order chi connectivity index (χ0) is 13.8. The quantitative estimate of drug-likeness (QED) is 0.880. The van der Waals surface area contributed by atoms with E-state index in [-0.39, 0.29) is 5.91 Å². The van der Waals surface area contributed by atoms with Crippen molar-refractivity contribution in [2.24, 2.45) is 0 Å². The van der Waals surface area contributed by atoms with Gasteiger partial charge in [0.1, 0.15) is 0 Å². The first-order chi connectivity index (χ1) is 9.11. The zero-order valence-electron chi connectivity index (χ0n) is 10.9. The van der Waals surface area contributed by atoms with Gasteiger partial charge in [-0.3, -0.25) is 9.78 Å². The van der Waals surface area contributed by atoms with Crippen molar-refractivity contribution in [3.63, 3.8) is 0 Å². The maximum atomic E-state index is 12.2. The van der Waals surface area contributed by atoms with E-state index in [0.717, 1.165) is 21.1 Å². The molecule has 100 valence electrons. The summed E-state index contributed by atoms with van der Waals surface area (Å²) < 4.78 is 5.85. The van der Waals surface area contributed by atoms with Gasteiger partial charge in [0.05, 0.1) is 17.7 Å². The molecule has 0 fully saturated rings. The summed E-state index contributed by atoms with van der Waals surface area (Å²) in [5.41, 5.74) is 2.28. The van der Waals surface area contributed by atoms with Gasteiger partial charge in [0.2, 0.25) is 0 Å². The molecule has 0 aliphatic rings. The Balaban J connectivity index is 2.40. The molecule has 0 bridgehead atoms. The highest BCUT2D eigenvalue weighted by Crippen LogP contribution is 2.22. The topological polar surface area (TPSA) is 51.2 Å². The number of ether oxygens (including phenoxy) is 1. The number of halogens is 1. The molecular weight excluding hydrogens is 308 g/mol. The van der Waals surface area contributed by atoms with Crippen LogP contribution in [0.5, 0.6) is 0 Å². The molecule has 1 amide bonds. The summed E-state index contributed by atoms with van der Waals surface area (Å²) in [6.45, 7) is 2.87. The molecule has 1 N–H and O–H groups in total. The second-order valence-electron chi connectivity index (χ2n) is 4.22. The van der Waals surface area contributed by atoms with Gasteiger partial charge in [0.25, 0.3) is 5.91 Å². The Morgan fingerprint density at radius 1 is 1.42 bits per heavy atom. The molecule has 0 aliphatic carbocycles. The molecule has 2 rings (SSSR count). The molecule has 1 heterocycles. The van der Waals surface area contributed by atoms with E-state index < -0.39 is 0 Å². The van der Waals surface area contributed by atoms with Gasteiger partial charge in [0.15, 0.2) is 0 Å². The highest BCUT2D eigenvalue weighted by Gasteiger charge is 2.11. The lowest BCUT2D eigenvalue weighted by Crippen LogP contribution is -2.27. The number of methoxy groups -OCH3 is 1. The largest absolute Gasteiger partial charge is 0.383 e. The van der Waals surface area contributed by atoms with Crippen LogP contribution in [0.15, 0.2) is 28.7 Å². The number of fused-ring (bicyclic) bond motifs is 1. The number of carbonyl (C=O) groups excluding carboxylic acids is 1. The Bertz CT molecular complexity index is 614. The van der Waals surface area contributed by atoms with Crippen LogP contribution in [0.3, 0.4) is 0 Å². The standard InChI is InChI=1S/C14H15BrN2O2/c1-9-7-12(14(18)16-5-6-19-2)11-8-10(15)3-4-13(11)17-9/h3-4,7-8H,5-6H2,1-2H3,(H,16,18). The fourth-order valence-electron chi connectivity index (χ4n) is 1.88.